The van der Waals surface area contributed by atoms with Crippen molar-refractivity contribution in [2.45, 2.75) is 32.9 Å². The molecule has 0 aliphatic carbocycles. The zero-order valence-electron chi connectivity index (χ0n) is 11.6. The molecule has 0 spiro atoms. The lowest BCUT2D eigenvalue weighted by atomic mass is 10.1. The molecule has 1 N–H and O–H groups in total. The fourth-order valence-electron chi connectivity index (χ4n) is 1.99. The van der Waals surface area contributed by atoms with E-state index in [-0.39, 0.29) is 5.54 Å². The average molecular weight is 249 g/mol. The summed E-state index contributed by atoms with van der Waals surface area (Å²) >= 11 is 0. The van der Waals surface area contributed by atoms with Gasteiger partial charge in [0.15, 0.2) is 0 Å². The molecule has 0 unspecified atom stereocenters. The van der Waals surface area contributed by atoms with Gasteiger partial charge in [0.2, 0.25) is 0 Å². The molecule has 1 aromatic rings. The number of nitrogens with zero attached hydrogens (tertiary/aromatic N) is 2. The maximum Gasteiger partial charge on any atom is 0.133 e. The fourth-order valence-corrected chi connectivity index (χ4v) is 1.99. The number of anilines is 1. The average Bonchev–Trinajstić information content (AvgIpc) is 2.37. The molecule has 1 aliphatic rings. The molecule has 100 valence electrons. The Bertz CT molecular complexity index is 381. The number of hydrogen-bond acceptors (Lipinski definition) is 4. The SMILES string of the molecule is CC(C)(C)NCc1cccnc1N1CCOCC1. The zero-order valence-corrected chi connectivity index (χ0v) is 11.6. The Balaban J connectivity index is 2.09. The van der Waals surface area contributed by atoms with Crippen molar-refractivity contribution in [2.75, 3.05) is 31.2 Å². The number of morpholine rings is 1. The molecule has 1 fully saturated rings. The molecule has 1 saturated heterocycles. The molecule has 0 amide bonds. The number of rotatable bonds is 3. The van der Waals surface area contributed by atoms with Crippen LogP contribution in [0.1, 0.15) is 26.3 Å². The van der Waals surface area contributed by atoms with Gasteiger partial charge >= 0.3 is 0 Å². The van der Waals surface area contributed by atoms with Crippen LogP contribution < -0.4 is 10.2 Å². The first kappa shape index (κ1) is 13.3. The Hall–Kier alpha value is -1.13. The first-order valence-corrected chi connectivity index (χ1v) is 6.58. The van der Waals surface area contributed by atoms with E-state index in [1.807, 2.05) is 12.3 Å². The van der Waals surface area contributed by atoms with E-state index in [1.54, 1.807) is 0 Å². The summed E-state index contributed by atoms with van der Waals surface area (Å²) in [4.78, 5) is 6.84. The summed E-state index contributed by atoms with van der Waals surface area (Å²) in [5.41, 5.74) is 1.38. The van der Waals surface area contributed by atoms with Crippen LogP contribution in [0, 0.1) is 0 Å². The lowest BCUT2D eigenvalue weighted by molar-refractivity contribution is 0.122. The number of aromatic nitrogens is 1. The summed E-state index contributed by atoms with van der Waals surface area (Å²) in [6, 6.07) is 4.15. The lowest BCUT2D eigenvalue weighted by Crippen LogP contribution is -2.39. The normalized spacial score (nSPS) is 16.9. The highest BCUT2D eigenvalue weighted by molar-refractivity contribution is 5.47. The van der Waals surface area contributed by atoms with Gasteiger partial charge in [-0.1, -0.05) is 6.07 Å². The van der Waals surface area contributed by atoms with Gasteiger partial charge in [-0.25, -0.2) is 4.98 Å². The molecule has 1 aliphatic heterocycles. The van der Waals surface area contributed by atoms with Crippen molar-refractivity contribution >= 4 is 5.82 Å². The van der Waals surface area contributed by atoms with Crippen LogP contribution in [-0.4, -0.2) is 36.8 Å². The van der Waals surface area contributed by atoms with E-state index in [1.165, 1.54) is 5.56 Å². The molecule has 2 rings (SSSR count). The van der Waals surface area contributed by atoms with Gasteiger partial charge in [-0.05, 0) is 26.8 Å². The first-order valence-electron chi connectivity index (χ1n) is 6.58. The van der Waals surface area contributed by atoms with Gasteiger partial charge in [-0.3, -0.25) is 0 Å². The zero-order chi connectivity index (χ0) is 13.0. The third-order valence-electron chi connectivity index (χ3n) is 2.99. The van der Waals surface area contributed by atoms with Gasteiger partial charge in [0.05, 0.1) is 13.2 Å². The highest BCUT2D eigenvalue weighted by Crippen LogP contribution is 2.19. The van der Waals surface area contributed by atoms with Gasteiger partial charge < -0.3 is 15.0 Å². The van der Waals surface area contributed by atoms with E-state index >= 15 is 0 Å². The second-order valence-electron chi connectivity index (χ2n) is 5.69. The Morgan fingerprint density at radius 1 is 1.33 bits per heavy atom. The number of pyridine rings is 1. The summed E-state index contributed by atoms with van der Waals surface area (Å²) in [5.74, 6) is 1.09. The topological polar surface area (TPSA) is 37.4 Å². The van der Waals surface area contributed by atoms with Crippen molar-refractivity contribution in [3.63, 3.8) is 0 Å². The van der Waals surface area contributed by atoms with E-state index in [2.05, 4.69) is 42.0 Å². The third-order valence-corrected chi connectivity index (χ3v) is 2.99. The fraction of sp³-hybridized carbons (Fsp3) is 0.643. The van der Waals surface area contributed by atoms with Crippen molar-refractivity contribution < 1.29 is 4.74 Å². The molecular formula is C14H23N3O. The standard InChI is InChI=1S/C14H23N3O/c1-14(2,3)16-11-12-5-4-6-15-13(12)17-7-9-18-10-8-17/h4-6,16H,7-11H2,1-3H3. The van der Waals surface area contributed by atoms with Crippen LogP contribution in [0.4, 0.5) is 5.82 Å². The highest BCUT2D eigenvalue weighted by Gasteiger charge is 2.17. The third kappa shape index (κ3) is 3.68. The summed E-state index contributed by atoms with van der Waals surface area (Å²) < 4.78 is 5.39. The van der Waals surface area contributed by atoms with Gasteiger partial charge in [-0.15, -0.1) is 0 Å². The Kier molecular flexibility index (Phi) is 4.19. The second kappa shape index (κ2) is 5.67. The largest absolute Gasteiger partial charge is 0.378 e. The summed E-state index contributed by atoms with van der Waals surface area (Å²) in [5, 5.41) is 3.52. The predicted molar refractivity (Wildman–Crippen MR) is 73.9 cm³/mol. The Morgan fingerprint density at radius 2 is 2.06 bits per heavy atom. The lowest BCUT2D eigenvalue weighted by Gasteiger charge is -2.30. The van der Waals surface area contributed by atoms with Crippen molar-refractivity contribution in [3.8, 4) is 0 Å². The van der Waals surface area contributed by atoms with Crippen molar-refractivity contribution in [2.24, 2.45) is 0 Å². The molecule has 2 heterocycles. The van der Waals surface area contributed by atoms with Crippen LogP contribution in [-0.2, 0) is 11.3 Å². The van der Waals surface area contributed by atoms with Crippen molar-refractivity contribution in [1.29, 1.82) is 0 Å². The molecule has 0 bridgehead atoms. The predicted octanol–water partition coefficient (Wildman–Crippen LogP) is 1.81. The van der Waals surface area contributed by atoms with Crippen LogP contribution in [0.5, 0.6) is 0 Å². The molecule has 4 nitrogen and oxygen atoms in total. The molecule has 0 saturated carbocycles. The minimum atomic E-state index is 0.123. The minimum Gasteiger partial charge on any atom is -0.378 e. The van der Waals surface area contributed by atoms with Crippen LogP contribution in [0.3, 0.4) is 0 Å². The van der Waals surface area contributed by atoms with Crippen LogP contribution in [0.2, 0.25) is 0 Å². The van der Waals surface area contributed by atoms with Crippen molar-refractivity contribution in [3.05, 3.63) is 23.9 Å². The number of hydrogen-bond donors (Lipinski definition) is 1. The van der Waals surface area contributed by atoms with E-state index in [9.17, 15) is 0 Å². The van der Waals surface area contributed by atoms with E-state index in [0.29, 0.717) is 0 Å². The highest BCUT2D eigenvalue weighted by atomic mass is 16.5. The van der Waals surface area contributed by atoms with Gasteiger partial charge in [0.1, 0.15) is 5.82 Å². The molecule has 0 aromatic carbocycles. The molecule has 1 aromatic heterocycles. The van der Waals surface area contributed by atoms with Crippen LogP contribution in [0.25, 0.3) is 0 Å². The summed E-state index contributed by atoms with van der Waals surface area (Å²) in [6.45, 7) is 10.8. The van der Waals surface area contributed by atoms with Crippen molar-refractivity contribution in [1.82, 2.24) is 10.3 Å². The van der Waals surface area contributed by atoms with Crippen LogP contribution in [0.15, 0.2) is 18.3 Å². The summed E-state index contributed by atoms with van der Waals surface area (Å²) in [6.07, 6.45) is 1.87. The Morgan fingerprint density at radius 3 is 2.72 bits per heavy atom. The van der Waals surface area contributed by atoms with E-state index in [4.69, 9.17) is 4.74 Å². The maximum absolute atomic E-state index is 5.39. The van der Waals surface area contributed by atoms with Gasteiger partial charge in [-0.2, -0.15) is 0 Å². The minimum absolute atomic E-state index is 0.123. The van der Waals surface area contributed by atoms with Gasteiger partial charge in [0, 0.05) is 36.9 Å². The number of ether oxygens (including phenoxy) is 1. The van der Waals surface area contributed by atoms with Gasteiger partial charge in [0.25, 0.3) is 0 Å². The Labute approximate surface area is 109 Å². The smallest absolute Gasteiger partial charge is 0.133 e. The quantitative estimate of drug-likeness (QED) is 0.886. The maximum atomic E-state index is 5.39. The monoisotopic (exact) mass is 249 g/mol. The molecule has 18 heavy (non-hydrogen) atoms. The molecule has 0 radical (unpaired) electrons. The van der Waals surface area contributed by atoms with E-state index in [0.717, 1.165) is 38.7 Å². The summed E-state index contributed by atoms with van der Waals surface area (Å²) in [7, 11) is 0. The van der Waals surface area contributed by atoms with E-state index < -0.39 is 0 Å². The molecule has 4 heteroatoms. The second-order valence-corrected chi connectivity index (χ2v) is 5.69. The number of nitrogens with one attached hydrogen (secondary N) is 1. The molecule has 0 atom stereocenters. The first-order chi connectivity index (χ1) is 8.56. The molecular weight excluding hydrogens is 226 g/mol. The van der Waals surface area contributed by atoms with Crippen LogP contribution >= 0.6 is 0 Å².